The fourth-order valence-electron chi connectivity index (χ4n) is 7.02. The van der Waals surface area contributed by atoms with E-state index in [2.05, 4.69) is 158 Å². The molecule has 0 amide bonds. The molecule has 0 atom stereocenters. The summed E-state index contributed by atoms with van der Waals surface area (Å²) in [5.74, 6) is 2.02. The Balaban J connectivity index is 1.24. The highest BCUT2D eigenvalue weighted by atomic mass is 15.0. The van der Waals surface area contributed by atoms with Crippen molar-refractivity contribution < 1.29 is 0 Å². The van der Waals surface area contributed by atoms with Crippen molar-refractivity contribution in [1.29, 1.82) is 0 Å². The van der Waals surface area contributed by atoms with Gasteiger partial charge in [-0.05, 0) is 85.6 Å². The molecule has 1 aromatic heterocycles. The number of rotatable bonds is 5. The Morgan fingerprint density at radius 3 is 1.52 bits per heavy atom. The first-order valence-corrected chi connectivity index (χ1v) is 16.5. The van der Waals surface area contributed by atoms with Crippen LogP contribution in [0.5, 0.6) is 0 Å². The molecule has 0 spiro atoms. The first-order chi connectivity index (χ1) is 23.8. The third kappa shape index (κ3) is 5.06. The third-order valence-corrected chi connectivity index (χ3v) is 9.38. The Bertz CT molecular complexity index is 2510. The average molecular weight is 614 g/mol. The lowest BCUT2D eigenvalue weighted by Crippen LogP contribution is -2.04. The van der Waals surface area contributed by atoms with Crippen molar-refractivity contribution in [3.05, 3.63) is 175 Å². The quantitative estimate of drug-likeness (QED) is 0.181. The molecule has 1 aliphatic rings. The van der Waals surface area contributed by atoms with Gasteiger partial charge in [-0.3, -0.25) is 0 Å². The van der Waals surface area contributed by atoms with Gasteiger partial charge in [0.2, 0.25) is 0 Å². The maximum Gasteiger partial charge on any atom is 0.164 e. The summed E-state index contributed by atoms with van der Waals surface area (Å²) in [4.78, 5) is 15.5. The maximum atomic E-state index is 5.18. The molecule has 0 unspecified atom stereocenters. The summed E-state index contributed by atoms with van der Waals surface area (Å²) in [6.45, 7) is 0. The number of benzene rings is 7. The van der Waals surface area contributed by atoms with Crippen molar-refractivity contribution in [3.8, 4) is 33.9 Å². The fraction of sp³-hybridized carbons (Fsp3) is 0.0444. The highest BCUT2D eigenvalue weighted by molar-refractivity contribution is 6.25. The Hall–Kier alpha value is -6.19. The SMILES string of the molecule is C1=C(c2ccccc2)CCC=C1c1nc(-c2cccc(-c3ccccc3)c2)nc(-c2ccc3c4ccccc4c4ccccc4c3c2)n1. The van der Waals surface area contributed by atoms with E-state index in [0.717, 1.165) is 40.7 Å². The van der Waals surface area contributed by atoms with Crippen molar-refractivity contribution in [2.45, 2.75) is 12.8 Å². The predicted molar refractivity (Wildman–Crippen MR) is 200 cm³/mol. The van der Waals surface area contributed by atoms with Gasteiger partial charge in [0, 0.05) is 16.7 Å². The van der Waals surface area contributed by atoms with Crippen LogP contribution in [0.2, 0.25) is 0 Å². The number of aromatic nitrogens is 3. The summed E-state index contributed by atoms with van der Waals surface area (Å²) in [7, 11) is 0. The van der Waals surface area contributed by atoms with Gasteiger partial charge in [0.15, 0.2) is 17.5 Å². The van der Waals surface area contributed by atoms with E-state index in [4.69, 9.17) is 15.0 Å². The number of fused-ring (bicyclic) bond motifs is 6. The minimum absolute atomic E-state index is 0.664. The molecule has 9 rings (SSSR count). The van der Waals surface area contributed by atoms with Crippen LogP contribution in [0.1, 0.15) is 24.2 Å². The summed E-state index contributed by atoms with van der Waals surface area (Å²) in [5.41, 5.74) is 7.78. The minimum atomic E-state index is 0.664. The monoisotopic (exact) mass is 613 g/mol. The molecular formula is C45H31N3. The van der Waals surface area contributed by atoms with Gasteiger partial charge in [0.25, 0.3) is 0 Å². The Morgan fingerprint density at radius 2 is 0.854 bits per heavy atom. The topological polar surface area (TPSA) is 38.7 Å². The minimum Gasteiger partial charge on any atom is -0.208 e. The lowest BCUT2D eigenvalue weighted by molar-refractivity contribution is 1.01. The Kier molecular flexibility index (Phi) is 6.94. The average Bonchev–Trinajstić information content (AvgIpc) is 3.18. The second-order valence-electron chi connectivity index (χ2n) is 12.3. The van der Waals surface area contributed by atoms with Crippen molar-refractivity contribution in [2.75, 3.05) is 0 Å². The van der Waals surface area contributed by atoms with Crippen LogP contribution in [0.4, 0.5) is 0 Å². The first kappa shape index (κ1) is 28.1. The van der Waals surface area contributed by atoms with Gasteiger partial charge in [0.05, 0.1) is 0 Å². The molecule has 0 N–H and O–H groups in total. The molecule has 1 heterocycles. The van der Waals surface area contributed by atoms with Crippen LogP contribution < -0.4 is 0 Å². The molecule has 0 radical (unpaired) electrons. The van der Waals surface area contributed by atoms with Crippen molar-refractivity contribution in [3.63, 3.8) is 0 Å². The lowest BCUT2D eigenvalue weighted by Gasteiger charge is -2.16. The predicted octanol–water partition coefficient (Wildman–Crippen LogP) is 11.6. The van der Waals surface area contributed by atoms with E-state index in [1.165, 1.54) is 43.5 Å². The van der Waals surface area contributed by atoms with Gasteiger partial charge in [-0.25, -0.2) is 15.0 Å². The molecule has 3 nitrogen and oxygen atoms in total. The van der Waals surface area contributed by atoms with E-state index in [1.54, 1.807) is 0 Å². The molecule has 1 aliphatic carbocycles. The summed E-state index contributed by atoms with van der Waals surface area (Å²) >= 11 is 0. The molecule has 0 saturated carbocycles. The van der Waals surface area contributed by atoms with Crippen LogP contribution in [0.25, 0.3) is 77.4 Å². The number of allylic oxidation sites excluding steroid dienone is 4. The normalized spacial score (nSPS) is 13.1. The molecule has 7 aromatic carbocycles. The highest BCUT2D eigenvalue weighted by Crippen LogP contribution is 2.38. The van der Waals surface area contributed by atoms with Gasteiger partial charge in [-0.1, -0.05) is 146 Å². The Morgan fingerprint density at radius 1 is 0.354 bits per heavy atom. The van der Waals surface area contributed by atoms with Crippen molar-refractivity contribution in [1.82, 2.24) is 15.0 Å². The van der Waals surface area contributed by atoms with E-state index in [9.17, 15) is 0 Å². The van der Waals surface area contributed by atoms with Gasteiger partial charge in [0.1, 0.15) is 0 Å². The van der Waals surface area contributed by atoms with E-state index in [-0.39, 0.29) is 0 Å². The number of nitrogens with zero attached hydrogens (tertiary/aromatic N) is 3. The van der Waals surface area contributed by atoms with E-state index in [1.807, 2.05) is 6.07 Å². The zero-order valence-electron chi connectivity index (χ0n) is 26.3. The second-order valence-corrected chi connectivity index (χ2v) is 12.3. The van der Waals surface area contributed by atoms with Crippen LogP contribution in [0.3, 0.4) is 0 Å². The lowest BCUT2D eigenvalue weighted by atomic mass is 9.93. The zero-order valence-corrected chi connectivity index (χ0v) is 26.3. The molecule has 0 saturated heterocycles. The van der Waals surface area contributed by atoms with Crippen LogP contribution in [-0.2, 0) is 0 Å². The van der Waals surface area contributed by atoms with Crippen molar-refractivity contribution >= 4 is 43.5 Å². The molecule has 0 fully saturated rings. The number of hydrogen-bond donors (Lipinski definition) is 0. The van der Waals surface area contributed by atoms with Crippen LogP contribution in [-0.4, -0.2) is 15.0 Å². The summed E-state index contributed by atoms with van der Waals surface area (Å²) in [6.07, 6.45) is 6.44. The highest BCUT2D eigenvalue weighted by Gasteiger charge is 2.18. The third-order valence-electron chi connectivity index (χ3n) is 9.38. The van der Waals surface area contributed by atoms with Crippen LogP contribution in [0, 0.1) is 0 Å². The van der Waals surface area contributed by atoms with E-state index in [0.29, 0.717) is 17.5 Å². The molecule has 0 aliphatic heterocycles. The molecule has 0 bridgehead atoms. The van der Waals surface area contributed by atoms with Crippen LogP contribution in [0.15, 0.2) is 164 Å². The van der Waals surface area contributed by atoms with Gasteiger partial charge in [-0.15, -0.1) is 0 Å². The van der Waals surface area contributed by atoms with E-state index < -0.39 is 0 Å². The fourth-order valence-corrected chi connectivity index (χ4v) is 7.02. The number of hydrogen-bond acceptors (Lipinski definition) is 3. The summed E-state index contributed by atoms with van der Waals surface area (Å²) < 4.78 is 0. The molecule has 8 aromatic rings. The standard InChI is InChI=1S/C45H31N3/c1-3-13-30(14-4-1)32-17-11-19-34(27-32)43-46-44(35-20-12-18-33(28-35)31-15-5-2-6-16-31)48-45(47-43)36-25-26-41-39-23-8-7-21-37(39)38-22-9-10-24-40(38)42(41)29-36/h1-11,13-17,19-29H,12,18H2. The maximum absolute atomic E-state index is 5.18. The zero-order chi connectivity index (χ0) is 31.9. The largest absolute Gasteiger partial charge is 0.208 e. The summed E-state index contributed by atoms with van der Waals surface area (Å²) in [6, 6.07) is 53.5. The Labute approximate surface area is 279 Å². The first-order valence-electron chi connectivity index (χ1n) is 16.5. The smallest absolute Gasteiger partial charge is 0.164 e. The summed E-state index contributed by atoms with van der Waals surface area (Å²) in [5, 5.41) is 7.41. The molecule has 226 valence electrons. The van der Waals surface area contributed by atoms with Crippen LogP contribution >= 0.6 is 0 Å². The van der Waals surface area contributed by atoms with E-state index >= 15 is 0 Å². The molecule has 3 heteroatoms. The van der Waals surface area contributed by atoms with Gasteiger partial charge < -0.3 is 0 Å². The second kappa shape index (κ2) is 11.9. The van der Waals surface area contributed by atoms with Gasteiger partial charge in [-0.2, -0.15) is 0 Å². The molecule has 48 heavy (non-hydrogen) atoms. The molecular weight excluding hydrogens is 583 g/mol. The van der Waals surface area contributed by atoms with Gasteiger partial charge >= 0.3 is 0 Å². The van der Waals surface area contributed by atoms with Crippen molar-refractivity contribution in [2.24, 2.45) is 0 Å².